The van der Waals surface area contributed by atoms with Crippen LogP contribution < -0.4 is 10.7 Å². The molecule has 0 bridgehead atoms. The number of nitrogens with zero attached hydrogens (tertiary/aromatic N) is 2. The molecular formula is C5H14N4O2. The third kappa shape index (κ3) is 3.74. The van der Waals surface area contributed by atoms with Gasteiger partial charge < -0.3 is 0 Å². The predicted octanol–water partition coefficient (Wildman–Crippen LogP) is -0.778. The normalized spacial score (nSPS) is 13.1. The number of hydrazine groups is 1. The summed E-state index contributed by atoms with van der Waals surface area (Å²) in [5.41, 5.74) is 2.12. The first-order valence-electron chi connectivity index (χ1n) is 3.39. The lowest BCUT2D eigenvalue weighted by Crippen LogP contribution is -2.53. The van der Waals surface area contributed by atoms with E-state index in [0.29, 0.717) is 0 Å². The van der Waals surface area contributed by atoms with Crippen molar-refractivity contribution >= 4 is 0 Å². The molecule has 0 saturated carbocycles. The van der Waals surface area contributed by atoms with Crippen molar-refractivity contribution in [2.75, 3.05) is 20.6 Å². The largest absolute Gasteiger partial charge is 0.283 e. The zero-order chi connectivity index (χ0) is 8.85. The molecule has 6 heteroatoms. The lowest BCUT2D eigenvalue weighted by atomic mass is 10.6. The minimum absolute atomic E-state index is 0.407. The summed E-state index contributed by atoms with van der Waals surface area (Å²) in [6.45, 7) is 2.66. The maximum absolute atomic E-state index is 10.0. The molecule has 0 aliphatic heterocycles. The number of rotatable bonds is 5. The molecule has 0 aliphatic rings. The van der Waals surface area contributed by atoms with Crippen molar-refractivity contribution in [3.05, 3.63) is 10.1 Å². The van der Waals surface area contributed by atoms with E-state index in [1.54, 1.807) is 19.0 Å². The lowest BCUT2D eigenvalue weighted by molar-refractivity contribution is -0.557. The molecule has 1 atom stereocenters. The van der Waals surface area contributed by atoms with Gasteiger partial charge >= 0.3 is 0 Å². The van der Waals surface area contributed by atoms with Crippen molar-refractivity contribution in [2.45, 2.75) is 13.2 Å². The third-order valence-electron chi connectivity index (χ3n) is 1.44. The standard InChI is InChI=1S/C5H14N4O2/c1-4-8(3)5(6-2)7-9(10)11/h5-7H,4H2,1-3H3. The minimum Gasteiger partial charge on any atom is -0.283 e. The van der Waals surface area contributed by atoms with Gasteiger partial charge in [-0.2, -0.15) is 0 Å². The molecule has 0 aliphatic carbocycles. The summed E-state index contributed by atoms with van der Waals surface area (Å²) in [6.07, 6.45) is -0.407. The van der Waals surface area contributed by atoms with Crippen LogP contribution in [0.1, 0.15) is 6.92 Å². The van der Waals surface area contributed by atoms with Crippen molar-refractivity contribution in [2.24, 2.45) is 0 Å². The molecule has 0 spiro atoms. The second-order valence-electron chi connectivity index (χ2n) is 2.15. The van der Waals surface area contributed by atoms with Gasteiger partial charge in [0.25, 0.3) is 0 Å². The Hall–Kier alpha value is -0.880. The van der Waals surface area contributed by atoms with E-state index in [-0.39, 0.29) is 0 Å². The van der Waals surface area contributed by atoms with Gasteiger partial charge in [-0.3, -0.25) is 10.2 Å². The smallest absolute Gasteiger partial charge is 0.192 e. The van der Waals surface area contributed by atoms with Crippen LogP contribution in [0.5, 0.6) is 0 Å². The van der Waals surface area contributed by atoms with Crippen molar-refractivity contribution in [3.8, 4) is 0 Å². The topological polar surface area (TPSA) is 70.4 Å². The Morgan fingerprint density at radius 3 is 2.55 bits per heavy atom. The minimum atomic E-state index is -0.562. The van der Waals surface area contributed by atoms with Gasteiger partial charge in [-0.25, -0.2) is 10.1 Å². The van der Waals surface area contributed by atoms with E-state index >= 15 is 0 Å². The lowest BCUT2D eigenvalue weighted by Gasteiger charge is -2.22. The predicted molar refractivity (Wildman–Crippen MR) is 41.3 cm³/mol. The first kappa shape index (κ1) is 10.1. The van der Waals surface area contributed by atoms with E-state index < -0.39 is 11.3 Å². The quantitative estimate of drug-likeness (QED) is 0.315. The van der Waals surface area contributed by atoms with E-state index in [0.717, 1.165) is 6.54 Å². The summed E-state index contributed by atoms with van der Waals surface area (Å²) < 4.78 is 0. The molecule has 11 heavy (non-hydrogen) atoms. The molecule has 6 nitrogen and oxygen atoms in total. The van der Waals surface area contributed by atoms with Gasteiger partial charge in [-0.1, -0.05) is 6.92 Å². The van der Waals surface area contributed by atoms with Gasteiger partial charge in [-0.05, 0) is 20.6 Å². The van der Waals surface area contributed by atoms with Gasteiger partial charge in [0.05, 0.1) is 0 Å². The summed E-state index contributed by atoms with van der Waals surface area (Å²) in [4.78, 5) is 11.8. The van der Waals surface area contributed by atoms with E-state index in [1.807, 2.05) is 6.92 Å². The molecule has 0 aromatic rings. The summed E-state index contributed by atoms with van der Waals surface area (Å²) in [6, 6.07) is 0. The molecule has 0 aromatic carbocycles. The van der Waals surface area contributed by atoms with Crippen molar-refractivity contribution in [1.82, 2.24) is 15.6 Å². The Morgan fingerprint density at radius 2 is 2.27 bits per heavy atom. The second kappa shape index (κ2) is 4.86. The molecule has 0 rings (SSSR count). The van der Waals surface area contributed by atoms with Gasteiger partial charge in [-0.15, -0.1) is 5.43 Å². The Labute approximate surface area is 65.7 Å². The van der Waals surface area contributed by atoms with Crippen molar-refractivity contribution in [3.63, 3.8) is 0 Å². The maximum atomic E-state index is 10.0. The summed E-state index contributed by atoms with van der Waals surface area (Å²) in [5, 5.41) is 12.2. The van der Waals surface area contributed by atoms with E-state index in [1.165, 1.54) is 0 Å². The number of nitrogens with one attached hydrogen (secondary N) is 2. The molecule has 0 aromatic heterocycles. The Morgan fingerprint density at radius 1 is 1.73 bits per heavy atom. The SMILES string of the molecule is CCN(C)C(NC)N[N+](=O)[O-]. The fourth-order valence-electron chi connectivity index (χ4n) is 0.666. The maximum Gasteiger partial charge on any atom is 0.192 e. The van der Waals surface area contributed by atoms with Gasteiger partial charge in [0.1, 0.15) is 0 Å². The number of hydrogen-bond donors (Lipinski definition) is 2. The highest BCUT2D eigenvalue weighted by molar-refractivity contribution is 4.53. The zero-order valence-corrected chi connectivity index (χ0v) is 7.00. The van der Waals surface area contributed by atoms with Crippen molar-refractivity contribution in [1.29, 1.82) is 0 Å². The zero-order valence-electron chi connectivity index (χ0n) is 7.00. The Balaban J connectivity index is 3.84. The highest BCUT2D eigenvalue weighted by atomic mass is 16.7. The third-order valence-corrected chi connectivity index (χ3v) is 1.44. The molecule has 66 valence electrons. The summed E-state index contributed by atoms with van der Waals surface area (Å²) in [7, 11) is 3.45. The van der Waals surface area contributed by atoms with Crippen LogP contribution >= 0.6 is 0 Å². The fourth-order valence-corrected chi connectivity index (χ4v) is 0.666. The van der Waals surface area contributed by atoms with Crippen LogP contribution in [-0.2, 0) is 0 Å². The van der Waals surface area contributed by atoms with E-state index in [9.17, 15) is 10.1 Å². The van der Waals surface area contributed by atoms with Crippen LogP contribution in [0.25, 0.3) is 0 Å². The number of hydrogen-bond acceptors (Lipinski definition) is 4. The first-order chi connectivity index (χ1) is 5.11. The summed E-state index contributed by atoms with van der Waals surface area (Å²) in [5.74, 6) is 0. The second-order valence-corrected chi connectivity index (χ2v) is 2.15. The van der Waals surface area contributed by atoms with Crippen LogP contribution in [0, 0.1) is 10.1 Å². The first-order valence-corrected chi connectivity index (χ1v) is 3.39. The average Bonchev–Trinajstić information content (AvgIpc) is 1.98. The van der Waals surface area contributed by atoms with Gasteiger partial charge in [0.15, 0.2) is 11.3 Å². The summed E-state index contributed by atoms with van der Waals surface area (Å²) >= 11 is 0. The van der Waals surface area contributed by atoms with Crippen LogP contribution in [0.2, 0.25) is 0 Å². The monoisotopic (exact) mass is 162 g/mol. The molecule has 0 saturated heterocycles. The number of nitro groups is 1. The molecule has 0 heterocycles. The van der Waals surface area contributed by atoms with Crippen LogP contribution in [0.3, 0.4) is 0 Å². The van der Waals surface area contributed by atoms with E-state index in [2.05, 4.69) is 10.7 Å². The molecule has 0 fully saturated rings. The Bertz CT molecular complexity index is 130. The highest BCUT2D eigenvalue weighted by Gasteiger charge is 2.13. The van der Waals surface area contributed by atoms with Crippen molar-refractivity contribution < 1.29 is 5.03 Å². The van der Waals surface area contributed by atoms with Crippen LogP contribution in [-0.4, -0.2) is 36.9 Å². The van der Waals surface area contributed by atoms with Gasteiger partial charge in [0, 0.05) is 0 Å². The Kier molecular flexibility index (Phi) is 4.47. The molecule has 2 N–H and O–H groups in total. The van der Waals surface area contributed by atoms with E-state index in [4.69, 9.17) is 0 Å². The fraction of sp³-hybridized carbons (Fsp3) is 1.00. The molecular weight excluding hydrogens is 148 g/mol. The van der Waals surface area contributed by atoms with Gasteiger partial charge in [0.2, 0.25) is 0 Å². The molecule has 1 unspecified atom stereocenters. The van der Waals surface area contributed by atoms with Crippen LogP contribution in [0.15, 0.2) is 0 Å². The highest BCUT2D eigenvalue weighted by Crippen LogP contribution is 1.85. The molecule has 0 amide bonds. The average molecular weight is 162 g/mol. The molecule has 0 radical (unpaired) electrons. The van der Waals surface area contributed by atoms with Crippen LogP contribution in [0.4, 0.5) is 0 Å².